The molecule has 32 heavy (non-hydrogen) atoms. The Morgan fingerprint density at radius 1 is 1.31 bits per heavy atom. The molecule has 0 bridgehead atoms. The zero-order valence-electron chi connectivity index (χ0n) is 21.0. The van der Waals surface area contributed by atoms with Crippen molar-refractivity contribution in [2.75, 3.05) is 39.8 Å². The van der Waals surface area contributed by atoms with Gasteiger partial charge in [-0.05, 0) is 72.8 Å². The summed E-state index contributed by atoms with van der Waals surface area (Å²) >= 11 is 0. The number of piperidine rings is 1. The fourth-order valence-electron chi connectivity index (χ4n) is 3.96. The van der Waals surface area contributed by atoms with Crippen LogP contribution in [0.15, 0.2) is 11.1 Å². The lowest BCUT2D eigenvalue weighted by Gasteiger charge is -2.36. The molecule has 0 aliphatic carbocycles. The lowest BCUT2D eigenvalue weighted by atomic mass is 9.96. The number of halogens is 1. The zero-order valence-corrected chi connectivity index (χ0v) is 23.3. The van der Waals surface area contributed by atoms with Gasteiger partial charge in [0.25, 0.3) is 0 Å². The minimum absolute atomic E-state index is 0. The molecular formula is C23H43IN6O2. The Morgan fingerprint density at radius 3 is 2.47 bits per heavy atom. The van der Waals surface area contributed by atoms with E-state index in [9.17, 15) is 4.79 Å². The predicted octanol–water partition coefficient (Wildman–Crippen LogP) is 4.05. The molecule has 1 aliphatic heterocycles. The lowest BCUT2D eigenvalue weighted by molar-refractivity contribution is 0.0214. The molecule has 1 saturated heterocycles. The van der Waals surface area contributed by atoms with E-state index in [1.165, 1.54) is 5.69 Å². The number of rotatable bonds is 7. The summed E-state index contributed by atoms with van der Waals surface area (Å²) in [6.07, 6.45) is 2.88. The van der Waals surface area contributed by atoms with Crippen LogP contribution < -0.4 is 5.32 Å². The van der Waals surface area contributed by atoms with Crippen LogP contribution in [0.4, 0.5) is 4.79 Å². The number of nitrogens with one attached hydrogen (secondary N) is 1. The highest BCUT2D eigenvalue weighted by molar-refractivity contribution is 14.0. The Bertz CT molecular complexity index is 735. The molecule has 1 aromatic heterocycles. The van der Waals surface area contributed by atoms with Crippen LogP contribution >= 0.6 is 24.0 Å². The van der Waals surface area contributed by atoms with E-state index < -0.39 is 5.60 Å². The van der Waals surface area contributed by atoms with E-state index in [0.717, 1.165) is 63.6 Å². The molecular weight excluding hydrogens is 519 g/mol. The molecule has 1 N–H and O–H groups in total. The monoisotopic (exact) mass is 562 g/mol. The first-order valence-corrected chi connectivity index (χ1v) is 11.6. The van der Waals surface area contributed by atoms with E-state index >= 15 is 0 Å². The van der Waals surface area contributed by atoms with E-state index in [2.05, 4.69) is 38.0 Å². The van der Waals surface area contributed by atoms with Gasteiger partial charge in [-0.3, -0.25) is 9.67 Å². The molecule has 1 fully saturated rings. The van der Waals surface area contributed by atoms with Crippen molar-refractivity contribution >= 4 is 36.0 Å². The number of aryl methyl sites for hydroxylation is 3. The molecule has 1 aliphatic rings. The number of aromatic nitrogens is 2. The Labute approximate surface area is 211 Å². The van der Waals surface area contributed by atoms with Crippen LogP contribution in [0.25, 0.3) is 0 Å². The summed E-state index contributed by atoms with van der Waals surface area (Å²) in [4.78, 5) is 21.0. The van der Waals surface area contributed by atoms with Gasteiger partial charge in [0.1, 0.15) is 5.60 Å². The smallest absolute Gasteiger partial charge is 0.410 e. The number of hydrogen-bond acceptors (Lipinski definition) is 4. The van der Waals surface area contributed by atoms with Crippen molar-refractivity contribution in [1.29, 1.82) is 0 Å². The van der Waals surface area contributed by atoms with E-state index in [0.29, 0.717) is 12.5 Å². The molecule has 0 unspecified atom stereocenters. The van der Waals surface area contributed by atoms with Gasteiger partial charge in [-0.2, -0.15) is 5.10 Å². The minimum atomic E-state index is -0.457. The fraction of sp³-hybridized carbons (Fsp3) is 0.783. The quantitative estimate of drug-likeness (QED) is 0.235. The number of carbonyl (C=O) groups is 1. The molecule has 1 amide bonds. The van der Waals surface area contributed by atoms with Gasteiger partial charge in [0.05, 0.1) is 5.69 Å². The number of amides is 1. The molecule has 0 atom stereocenters. The van der Waals surface area contributed by atoms with E-state index in [1.54, 1.807) is 0 Å². The fourth-order valence-corrected chi connectivity index (χ4v) is 3.96. The van der Waals surface area contributed by atoms with Crippen molar-refractivity contribution in [3.8, 4) is 0 Å². The number of ether oxygens (including phenoxy) is 1. The normalized spacial score (nSPS) is 15.3. The van der Waals surface area contributed by atoms with Crippen LogP contribution in [-0.4, -0.2) is 77.0 Å². The van der Waals surface area contributed by atoms with Crippen molar-refractivity contribution in [2.24, 2.45) is 10.9 Å². The minimum Gasteiger partial charge on any atom is -0.444 e. The highest BCUT2D eigenvalue weighted by Gasteiger charge is 2.27. The Balaban J connectivity index is 0.00000512. The van der Waals surface area contributed by atoms with Crippen molar-refractivity contribution in [1.82, 2.24) is 24.9 Å². The Hall–Kier alpha value is -1.52. The maximum Gasteiger partial charge on any atom is 0.410 e. The third-order valence-electron chi connectivity index (χ3n) is 5.57. The summed E-state index contributed by atoms with van der Waals surface area (Å²) in [6.45, 7) is 17.0. The van der Waals surface area contributed by atoms with Crippen molar-refractivity contribution < 1.29 is 9.53 Å². The molecule has 0 radical (unpaired) electrons. The van der Waals surface area contributed by atoms with Crippen LogP contribution in [-0.2, 0) is 11.3 Å². The van der Waals surface area contributed by atoms with Gasteiger partial charge in [-0.25, -0.2) is 4.79 Å². The molecule has 0 aromatic carbocycles. The average Bonchev–Trinajstić information content (AvgIpc) is 3.02. The van der Waals surface area contributed by atoms with Crippen LogP contribution in [0.3, 0.4) is 0 Å². The first-order valence-electron chi connectivity index (χ1n) is 11.6. The summed E-state index contributed by atoms with van der Waals surface area (Å²) in [7, 11) is 1.84. The molecule has 0 spiro atoms. The SMILES string of the molecule is CCN(CC1CCN(C(=NC)NCCCn2nc(C)cc2C)CC1)C(=O)OC(C)(C)C.I. The number of carbonyl (C=O) groups excluding carboxylic acids is 1. The summed E-state index contributed by atoms with van der Waals surface area (Å²) in [5, 5.41) is 8.02. The summed E-state index contributed by atoms with van der Waals surface area (Å²) < 4.78 is 7.61. The summed E-state index contributed by atoms with van der Waals surface area (Å²) in [6, 6.07) is 2.11. The maximum absolute atomic E-state index is 12.4. The van der Waals surface area contributed by atoms with E-state index in [1.807, 2.05) is 46.6 Å². The third-order valence-corrected chi connectivity index (χ3v) is 5.57. The van der Waals surface area contributed by atoms with E-state index in [4.69, 9.17) is 4.74 Å². The highest BCUT2D eigenvalue weighted by Crippen LogP contribution is 2.20. The second kappa shape index (κ2) is 13.3. The molecule has 2 rings (SSSR count). The number of guanidine groups is 1. The van der Waals surface area contributed by atoms with Crippen molar-refractivity contribution in [2.45, 2.75) is 73.0 Å². The van der Waals surface area contributed by atoms with Gasteiger partial charge in [0.2, 0.25) is 0 Å². The number of aliphatic imine (C=N–C) groups is 1. The predicted molar refractivity (Wildman–Crippen MR) is 141 cm³/mol. The van der Waals surface area contributed by atoms with E-state index in [-0.39, 0.29) is 30.1 Å². The zero-order chi connectivity index (χ0) is 23.0. The maximum atomic E-state index is 12.4. The van der Waals surface area contributed by atoms with Crippen molar-refractivity contribution in [3.05, 3.63) is 17.5 Å². The number of likely N-dealkylation sites (tertiary alicyclic amines) is 1. The van der Waals surface area contributed by atoms with Crippen LogP contribution in [0, 0.1) is 19.8 Å². The lowest BCUT2D eigenvalue weighted by Crippen LogP contribution is -2.48. The molecule has 184 valence electrons. The second-order valence-corrected chi connectivity index (χ2v) is 9.43. The second-order valence-electron chi connectivity index (χ2n) is 9.43. The van der Waals surface area contributed by atoms with Gasteiger partial charge < -0.3 is 19.9 Å². The standard InChI is InChI=1S/C23H42N6O2.HI/c1-8-27(22(30)31-23(4,5)6)17-20-10-14-28(15-11-20)21(24-7)25-12-9-13-29-19(3)16-18(2)26-29;/h16,20H,8-15,17H2,1-7H3,(H,24,25);1H. The largest absolute Gasteiger partial charge is 0.444 e. The molecule has 8 nitrogen and oxygen atoms in total. The van der Waals surface area contributed by atoms with Crippen LogP contribution in [0.1, 0.15) is 58.3 Å². The molecule has 0 saturated carbocycles. The van der Waals surface area contributed by atoms with Crippen molar-refractivity contribution in [3.63, 3.8) is 0 Å². The van der Waals surface area contributed by atoms with Gasteiger partial charge in [0.15, 0.2) is 5.96 Å². The Morgan fingerprint density at radius 2 is 1.97 bits per heavy atom. The molecule has 2 heterocycles. The number of hydrogen-bond donors (Lipinski definition) is 1. The summed E-state index contributed by atoms with van der Waals surface area (Å²) in [5.41, 5.74) is 1.81. The Kier molecular flexibility index (Phi) is 11.8. The first-order chi connectivity index (χ1) is 14.6. The number of nitrogens with zero attached hydrogens (tertiary/aromatic N) is 5. The highest BCUT2D eigenvalue weighted by atomic mass is 127. The topological polar surface area (TPSA) is 75.0 Å². The first kappa shape index (κ1) is 28.5. The van der Waals surface area contributed by atoms with Crippen LogP contribution in [0.5, 0.6) is 0 Å². The van der Waals surface area contributed by atoms with Gasteiger partial charge in [-0.1, -0.05) is 0 Å². The average molecular weight is 563 g/mol. The molecule has 1 aromatic rings. The third kappa shape index (κ3) is 9.15. The van der Waals surface area contributed by atoms with Gasteiger partial charge in [0, 0.05) is 52.0 Å². The summed E-state index contributed by atoms with van der Waals surface area (Å²) in [5.74, 6) is 1.46. The van der Waals surface area contributed by atoms with Gasteiger partial charge in [-0.15, -0.1) is 24.0 Å². The van der Waals surface area contributed by atoms with Gasteiger partial charge >= 0.3 is 6.09 Å². The molecule has 9 heteroatoms. The van der Waals surface area contributed by atoms with Crippen LogP contribution in [0.2, 0.25) is 0 Å².